The molecular weight excluding hydrogens is 399 g/mol. The van der Waals surface area contributed by atoms with Gasteiger partial charge in [0.1, 0.15) is 0 Å². The summed E-state index contributed by atoms with van der Waals surface area (Å²) in [4.78, 5) is 23.9. The smallest absolute Gasteiger partial charge is 0.262 e. The monoisotopic (exact) mass is 418 g/mol. The highest BCUT2D eigenvalue weighted by molar-refractivity contribution is 14.1. The van der Waals surface area contributed by atoms with E-state index in [0.717, 1.165) is 18.4 Å². The Balaban J connectivity index is 1.86. The van der Waals surface area contributed by atoms with Crippen molar-refractivity contribution in [1.29, 1.82) is 0 Å². The van der Waals surface area contributed by atoms with Crippen LogP contribution in [0, 0.1) is 5.92 Å². The minimum Gasteiger partial charge on any atom is -0.329 e. The third-order valence-corrected chi connectivity index (χ3v) is 5.58. The largest absolute Gasteiger partial charge is 0.329 e. The van der Waals surface area contributed by atoms with E-state index in [1.807, 2.05) is 47.1 Å². The molecule has 114 valence electrons. The number of hydrogen-bond donors (Lipinski definition) is 1. The number of thioether (sulfide) groups is 1. The van der Waals surface area contributed by atoms with Crippen LogP contribution in [0.3, 0.4) is 0 Å². The van der Waals surface area contributed by atoms with Gasteiger partial charge in [0.15, 0.2) is 5.12 Å². The van der Waals surface area contributed by atoms with Crippen LogP contribution in [0.2, 0.25) is 0 Å². The van der Waals surface area contributed by atoms with Crippen LogP contribution >= 0.6 is 34.6 Å². The van der Waals surface area contributed by atoms with Crippen LogP contribution in [0.15, 0.2) is 24.3 Å². The van der Waals surface area contributed by atoms with Gasteiger partial charge in [0.25, 0.3) is 5.91 Å². The van der Waals surface area contributed by atoms with Crippen LogP contribution < -0.4 is 5.73 Å². The van der Waals surface area contributed by atoms with Crippen LogP contribution in [0.5, 0.6) is 0 Å². The SMILES string of the molecule is NCCN(I)C(=O)c1ccc(CSC(=O)C2CCC2)cc1. The Hall–Kier alpha value is -0.600. The molecule has 1 fully saturated rings. The van der Waals surface area contributed by atoms with E-state index >= 15 is 0 Å². The highest BCUT2D eigenvalue weighted by Gasteiger charge is 2.25. The predicted octanol–water partition coefficient (Wildman–Crippen LogP) is 3.00. The zero-order valence-corrected chi connectivity index (χ0v) is 14.7. The number of nitrogens with two attached hydrogens (primary N) is 1. The highest BCUT2D eigenvalue weighted by atomic mass is 127. The van der Waals surface area contributed by atoms with Gasteiger partial charge in [0.05, 0.1) is 22.9 Å². The van der Waals surface area contributed by atoms with Crippen molar-refractivity contribution < 1.29 is 9.59 Å². The third kappa shape index (κ3) is 4.69. The van der Waals surface area contributed by atoms with Crippen LogP contribution in [-0.2, 0) is 10.5 Å². The second kappa shape index (κ2) is 8.14. The molecule has 1 aromatic carbocycles. The van der Waals surface area contributed by atoms with Gasteiger partial charge in [-0.3, -0.25) is 12.7 Å². The first-order chi connectivity index (χ1) is 10.1. The summed E-state index contributed by atoms with van der Waals surface area (Å²) in [6.07, 6.45) is 3.28. The number of hydrogen-bond acceptors (Lipinski definition) is 4. The van der Waals surface area contributed by atoms with Gasteiger partial charge in [-0.05, 0) is 30.5 Å². The third-order valence-electron chi connectivity index (χ3n) is 3.57. The van der Waals surface area contributed by atoms with Gasteiger partial charge < -0.3 is 5.73 Å². The van der Waals surface area contributed by atoms with Gasteiger partial charge in [0.2, 0.25) is 0 Å². The highest BCUT2D eigenvalue weighted by Crippen LogP contribution is 2.32. The van der Waals surface area contributed by atoms with E-state index in [0.29, 0.717) is 29.5 Å². The maximum absolute atomic E-state index is 12.1. The van der Waals surface area contributed by atoms with Crippen molar-refractivity contribution in [1.82, 2.24) is 3.11 Å². The maximum Gasteiger partial charge on any atom is 0.262 e. The molecule has 0 aliphatic heterocycles. The van der Waals surface area contributed by atoms with Crippen LogP contribution in [0.1, 0.15) is 35.2 Å². The molecule has 4 nitrogen and oxygen atoms in total. The minimum atomic E-state index is -0.0363. The number of rotatable bonds is 6. The lowest BCUT2D eigenvalue weighted by Gasteiger charge is -2.23. The fraction of sp³-hybridized carbons (Fsp3) is 0.467. The van der Waals surface area contributed by atoms with Gasteiger partial charge in [-0.25, -0.2) is 0 Å². The van der Waals surface area contributed by atoms with Gasteiger partial charge in [0, 0.05) is 30.3 Å². The number of benzene rings is 1. The molecule has 21 heavy (non-hydrogen) atoms. The van der Waals surface area contributed by atoms with Crippen LogP contribution in [0.4, 0.5) is 0 Å². The van der Waals surface area contributed by atoms with Crippen molar-refractivity contribution in [2.75, 3.05) is 13.1 Å². The van der Waals surface area contributed by atoms with Crippen molar-refractivity contribution >= 4 is 45.6 Å². The van der Waals surface area contributed by atoms with E-state index in [1.54, 1.807) is 3.11 Å². The maximum atomic E-state index is 12.1. The number of nitrogens with zero attached hydrogens (tertiary/aromatic N) is 1. The second-order valence-electron chi connectivity index (χ2n) is 5.11. The number of carbonyl (C=O) groups excluding carboxylic acids is 2. The van der Waals surface area contributed by atoms with Crippen molar-refractivity contribution in [3.8, 4) is 0 Å². The molecule has 0 saturated heterocycles. The minimum absolute atomic E-state index is 0.0363. The summed E-state index contributed by atoms with van der Waals surface area (Å²) in [5.74, 6) is 0.922. The zero-order chi connectivity index (χ0) is 15.2. The molecule has 0 heterocycles. The van der Waals surface area contributed by atoms with Gasteiger partial charge >= 0.3 is 0 Å². The van der Waals surface area contributed by atoms with Crippen molar-refractivity contribution in [3.05, 3.63) is 35.4 Å². The first-order valence-corrected chi connectivity index (χ1v) is 9.00. The summed E-state index contributed by atoms with van der Waals surface area (Å²) in [5.41, 5.74) is 7.17. The Labute approximate surface area is 143 Å². The lowest BCUT2D eigenvalue weighted by Crippen LogP contribution is -2.26. The fourth-order valence-corrected chi connectivity index (χ4v) is 3.54. The van der Waals surface area contributed by atoms with E-state index in [-0.39, 0.29) is 11.8 Å². The Morgan fingerprint density at radius 1 is 1.29 bits per heavy atom. The number of halogens is 1. The van der Waals surface area contributed by atoms with E-state index in [2.05, 4.69) is 0 Å². The molecule has 2 rings (SSSR count). The molecule has 0 atom stereocenters. The van der Waals surface area contributed by atoms with Gasteiger partial charge in [-0.15, -0.1) is 0 Å². The number of carbonyl (C=O) groups is 2. The average Bonchev–Trinajstić information content (AvgIpc) is 2.43. The lowest BCUT2D eigenvalue weighted by molar-refractivity contribution is -0.116. The zero-order valence-electron chi connectivity index (χ0n) is 11.8. The molecule has 1 aromatic rings. The molecule has 0 spiro atoms. The second-order valence-corrected chi connectivity index (χ2v) is 7.26. The normalized spacial score (nSPS) is 14.6. The Morgan fingerprint density at radius 2 is 1.95 bits per heavy atom. The van der Waals surface area contributed by atoms with Gasteiger partial charge in [-0.1, -0.05) is 30.3 Å². The topological polar surface area (TPSA) is 63.4 Å². The predicted molar refractivity (Wildman–Crippen MR) is 94.2 cm³/mol. The van der Waals surface area contributed by atoms with Gasteiger partial charge in [-0.2, -0.15) is 0 Å². The van der Waals surface area contributed by atoms with E-state index in [9.17, 15) is 9.59 Å². The van der Waals surface area contributed by atoms with Crippen LogP contribution in [-0.4, -0.2) is 27.2 Å². The quantitative estimate of drug-likeness (QED) is 0.570. The summed E-state index contributed by atoms with van der Waals surface area (Å²) in [5, 5.41) is 0.308. The van der Waals surface area contributed by atoms with Crippen LogP contribution in [0.25, 0.3) is 0 Å². The van der Waals surface area contributed by atoms with Crippen molar-refractivity contribution in [2.45, 2.75) is 25.0 Å². The summed E-state index contributed by atoms with van der Waals surface area (Å²) < 4.78 is 1.58. The van der Waals surface area contributed by atoms with E-state index in [1.165, 1.54) is 18.2 Å². The molecule has 6 heteroatoms. The molecular formula is C15H19IN2O2S. The molecule has 1 aliphatic rings. The number of amides is 1. The van der Waals surface area contributed by atoms with Crippen molar-refractivity contribution in [2.24, 2.45) is 11.7 Å². The first-order valence-electron chi connectivity index (χ1n) is 7.05. The fourth-order valence-electron chi connectivity index (χ4n) is 2.01. The summed E-state index contributed by atoms with van der Waals surface area (Å²) in [6, 6.07) is 7.46. The molecule has 1 aliphatic carbocycles. The first kappa shape index (κ1) is 16.8. The standard InChI is InChI=1S/C15H19IN2O2S/c16-18(9-8-17)14(19)12-6-4-11(5-7-12)10-21-15(20)13-2-1-3-13/h4-7,13H,1-3,8-10,17H2. The molecule has 0 aromatic heterocycles. The average molecular weight is 418 g/mol. The molecule has 0 radical (unpaired) electrons. The molecule has 2 N–H and O–H groups in total. The Kier molecular flexibility index (Phi) is 6.50. The lowest BCUT2D eigenvalue weighted by atomic mass is 9.87. The van der Waals surface area contributed by atoms with Crippen molar-refractivity contribution in [3.63, 3.8) is 0 Å². The summed E-state index contributed by atoms with van der Waals surface area (Å²) >= 11 is 3.37. The molecule has 1 saturated carbocycles. The summed E-state index contributed by atoms with van der Waals surface area (Å²) in [6.45, 7) is 0.986. The molecule has 1 amide bonds. The molecule has 0 unspecified atom stereocenters. The summed E-state index contributed by atoms with van der Waals surface area (Å²) in [7, 11) is 0. The Bertz CT molecular complexity index is 503. The van der Waals surface area contributed by atoms with E-state index in [4.69, 9.17) is 5.73 Å². The Morgan fingerprint density at radius 3 is 2.48 bits per heavy atom. The van der Waals surface area contributed by atoms with E-state index < -0.39 is 0 Å². The molecule has 0 bridgehead atoms.